The molecule has 4 aliphatic heterocycles. The monoisotopic (exact) mass is 251 g/mol. The molecule has 1 aromatic rings. The van der Waals surface area contributed by atoms with Crippen LogP contribution in [0.25, 0.3) is 0 Å². The van der Waals surface area contributed by atoms with Crippen molar-refractivity contribution in [1.29, 1.82) is 0 Å². The van der Waals surface area contributed by atoms with Crippen LogP contribution in [0.2, 0.25) is 0 Å². The van der Waals surface area contributed by atoms with Crippen molar-refractivity contribution in [3.8, 4) is 5.75 Å². The molecule has 7 nitrogen and oxygen atoms in total. The Morgan fingerprint density at radius 2 is 1.89 bits per heavy atom. The molecule has 2 spiro atoms. The molecule has 5 rings (SSSR count). The second kappa shape index (κ2) is 2.79. The van der Waals surface area contributed by atoms with Crippen molar-refractivity contribution in [2.24, 2.45) is 0 Å². The van der Waals surface area contributed by atoms with Crippen LogP contribution >= 0.6 is 0 Å². The SMILES string of the molecule is c1cc2c3c(c1)N1OCOC14OCOC34OCO2. The molecule has 2 atom stereocenters. The molecule has 0 amide bonds. The molecule has 0 bridgehead atoms. The maximum Gasteiger partial charge on any atom is 0.341 e. The van der Waals surface area contributed by atoms with E-state index in [-0.39, 0.29) is 20.4 Å². The highest BCUT2D eigenvalue weighted by atomic mass is 17.0. The van der Waals surface area contributed by atoms with Crippen LogP contribution in [-0.2, 0) is 29.6 Å². The fourth-order valence-electron chi connectivity index (χ4n) is 2.99. The zero-order chi connectivity index (χ0) is 11.8. The van der Waals surface area contributed by atoms with Crippen molar-refractivity contribution >= 4 is 5.69 Å². The highest BCUT2D eigenvalue weighted by Gasteiger charge is 2.76. The molecule has 2 saturated heterocycles. The average Bonchev–Trinajstić information content (AvgIpc) is 3.01. The van der Waals surface area contributed by atoms with Gasteiger partial charge in [0, 0.05) is 0 Å². The van der Waals surface area contributed by atoms with E-state index in [0.29, 0.717) is 5.75 Å². The summed E-state index contributed by atoms with van der Waals surface area (Å²) in [6.07, 6.45) is 0. The van der Waals surface area contributed by atoms with Crippen LogP contribution < -0.4 is 9.80 Å². The number of rotatable bonds is 0. The molecule has 2 unspecified atom stereocenters. The van der Waals surface area contributed by atoms with E-state index < -0.39 is 11.7 Å². The minimum absolute atomic E-state index is 0.0770. The lowest BCUT2D eigenvalue weighted by Crippen LogP contribution is -2.56. The van der Waals surface area contributed by atoms with Gasteiger partial charge in [0.15, 0.2) is 20.4 Å². The fourth-order valence-corrected chi connectivity index (χ4v) is 2.99. The number of hydroxylamine groups is 1. The number of anilines is 1. The largest absolute Gasteiger partial charge is 0.467 e. The zero-order valence-corrected chi connectivity index (χ0v) is 9.25. The number of hydrogen-bond donors (Lipinski definition) is 0. The van der Waals surface area contributed by atoms with Crippen LogP contribution in [0.5, 0.6) is 5.75 Å². The Bertz CT molecular complexity index is 546. The fraction of sp³-hybridized carbons (Fsp3) is 0.455. The molecule has 94 valence electrons. The molecular weight excluding hydrogens is 242 g/mol. The number of nitrogens with zero attached hydrogens (tertiary/aromatic N) is 1. The Hall–Kier alpha value is -1.38. The van der Waals surface area contributed by atoms with E-state index in [1.165, 1.54) is 0 Å². The van der Waals surface area contributed by atoms with Crippen LogP contribution in [0, 0.1) is 0 Å². The summed E-state index contributed by atoms with van der Waals surface area (Å²) < 4.78 is 28.2. The first-order chi connectivity index (χ1) is 8.87. The lowest BCUT2D eigenvalue weighted by molar-refractivity contribution is -0.337. The molecule has 0 aromatic heterocycles. The molecule has 0 radical (unpaired) electrons. The van der Waals surface area contributed by atoms with Crippen LogP contribution in [0.15, 0.2) is 18.2 Å². The normalized spacial score (nSPS) is 39.2. The zero-order valence-electron chi connectivity index (χ0n) is 9.25. The van der Waals surface area contributed by atoms with Gasteiger partial charge in [0.05, 0.1) is 11.3 Å². The van der Waals surface area contributed by atoms with Crippen molar-refractivity contribution in [2.45, 2.75) is 11.7 Å². The molecule has 2 fully saturated rings. The topological polar surface area (TPSA) is 58.6 Å². The number of ether oxygens (including phenoxy) is 5. The van der Waals surface area contributed by atoms with Crippen LogP contribution in [0.3, 0.4) is 0 Å². The molecular formula is C11H9NO6. The summed E-state index contributed by atoms with van der Waals surface area (Å²) in [5, 5.41) is 1.56. The average molecular weight is 251 g/mol. The van der Waals surface area contributed by atoms with Gasteiger partial charge in [0.1, 0.15) is 5.75 Å². The van der Waals surface area contributed by atoms with Gasteiger partial charge in [-0.15, -0.1) is 0 Å². The standard InChI is InChI=1S/C11H9NO6/c1-2-7-9-8(3-1)13-4-14-10(9)11(16-5-15-10)12(7)18-6-17-11/h1-3H,4-6H2. The Morgan fingerprint density at radius 3 is 2.89 bits per heavy atom. The van der Waals surface area contributed by atoms with Crippen molar-refractivity contribution in [3.05, 3.63) is 23.8 Å². The molecule has 0 saturated carbocycles. The van der Waals surface area contributed by atoms with Gasteiger partial charge in [-0.25, -0.2) is 4.84 Å². The van der Waals surface area contributed by atoms with Gasteiger partial charge >= 0.3 is 5.91 Å². The first-order valence-electron chi connectivity index (χ1n) is 5.63. The van der Waals surface area contributed by atoms with E-state index in [1.54, 1.807) is 5.06 Å². The molecule has 0 N–H and O–H groups in total. The van der Waals surface area contributed by atoms with Crippen molar-refractivity contribution in [3.63, 3.8) is 0 Å². The maximum absolute atomic E-state index is 5.71. The van der Waals surface area contributed by atoms with Crippen molar-refractivity contribution < 1.29 is 28.5 Å². The summed E-state index contributed by atoms with van der Waals surface area (Å²) in [4.78, 5) is 5.49. The van der Waals surface area contributed by atoms with Crippen LogP contribution in [0.4, 0.5) is 5.69 Å². The van der Waals surface area contributed by atoms with Gasteiger partial charge in [-0.05, 0) is 12.1 Å². The van der Waals surface area contributed by atoms with Gasteiger partial charge in [-0.3, -0.25) is 9.47 Å². The summed E-state index contributed by atoms with van der Waals surface area (Å²) >= 11 is 0. The second-order valence-electron chi connectivity index (χ2n) is 4.35. The first-order valence-corrected chi connectivity index (χ1v) is 5.63. The van der Waals surface area contributed by atoms with E-state index in [2.05, 4.69) is 0 Å². The van der Waals surface area contributed by atoms with Gasteiger partial charge in [-0.1, -0.05) is 6.07 Å². The van der Waals surface area contributed by atoms with Gasteiger partial charge in [0.25, 0.3) is 5.79 Å². The second-order valence-corrected chi connectivity index (χ2v) is 4.35. The highest BCUT2D eigenvalue weighted by Crippen LogP contribution is 2.62. The van der Waals surface area contributed by atoms with E-state index in [1.807, 2.05) is 18.2 Å². The van der Waals surface area contributed by atoms with Gasteiger partial charge < -0.3 is 14.2 Å². The Kier molecular flexibility index (Phi) is 1.48. The van der Waals surface area contributed by atoms with E-state index in [4.69, 9.17) is 28.5 Å². The number of fused-ring (bicyclic) bond motifs is 1. The summed E-state index contributed by atoms with van der Waals surface area (Å²) in [5.41, 5.74) is 1.54. The third kappa shape index (κ3) is 0.763. The van der Waals surface area contributed by atoms with E-state index in [0.717, 1.165) is 11.3 Å². The third-order valence-corrected chi connectivity index (χ3v) is 3.67. The quantitative estimate of drug-likeness (QED) is 0.669. The smallest absolute Gasteiger partial charge is 0.341 e. The third-order valence-electron chi connectivity index (χ3n) is 3.67. The highest BCUT2D eigenvalue weighted by molar-refractivity contribution is 5.67. The Balaban J connectivity index is 1.88. The predicted molar refractivity (Wildman–Crippen MR) is 54.0 cm³/mol. The minimum Gasteiger partial charge on any atom is -0.467 e. The molecule has 18 heavy (non-hydrogen) atoms. The summed E-state index contributed by atoms with van der Waals surface area (Å²) in [7, 11) is 0. The van der Waals surface area contributed by atoms with E-state index in [9.17, 15) is 0 Å². The molecule has 4 aliphatic rings. The summed E-state index contributed by atoms with van der Waals surface area (Å²) in [5.74, 6) is -1.63. The van der Waals surface area contributed by atoms with Crippen molar-refractivity contribution in [1.82, 2.24) is 0 Å². The lowest BCUT2D eigenvalue weighted by atomic mass is 10.0. The number of hydrogen-bond acceptors (Lipinski definition) is 7. The van der Waals surface area contributed by atoms with Crippen LogP contribution in [0.1, 0.15) is 5.56 Å². The van der Waals surface area contributed by atoms with E-state index >= 15 is 0 Å². The van der Waals surface area contributed by atoms with Crippen molar-refractivity contribution in [2.75, 3.05) is 25.4 Å². The first kappa shape index (κ1) is 9.54. The summed E-state index contributed by atoms with van der Waals surface area (Å²) in [6, 6.07) is 5.63. The molecule has 4 heterocycles. The lowest BCUT2D eigenvalue weighted by Gasteiger charge is -2.36. The molecule has 7 heteroatoms. The van der Waals surface area contributed by atoms with Gasteiger partial charge in [-0.2, -0.15) is 5.06 Å². The van der Waals surface area contributed by atoms with Crippen LogP contribution in [-0.4, -0.2) is 26.3 Å². The molecule has 0 aliphatic carbocycles. The Morgan fingerprint density at radius 1 is 1.00 bits per heavy atom. The van der Waals surface area contributed by atoms with Gasteiger partial charge in [0.2, 0.25) is 0 Å². The number of benzene rings is 1. The minimum atomic E-state index is -1.20. The molecule has 1 aromatic carbocycles. The predicted octanol–water partition coefficient (Wildman–Crippen LogP) is 0.603. The Labute approximate surface area is 102 Å². The summed E-state index contributed by atoms with van der Waals surface area (Å²) in [6.45, 7) is 0.255. The maximum atomic E-state index is 5.71.